The van der Waals surface area contributed by atoms with Crippen LogP contribution in [-0.2, 0) is 4.74 Å². The number of likely N-dealkylation sites (tertiary alicyclic amines) is 1. The Morgan fingerprint density at radius 3 is 2.45 bits per heavy atom. The number of hydrogen-bond acceptors (Lipinski definition) is 2. The van der Waals surface area contributed by atoms with E-state index in [1.54, 1.807) is 7.11 Å². The van der Waals surface area contributed by atoms with E-state index in [0.29, 0.717) is 12.0 Å². The van der Waals surface area contributed by atoms with Gasteiger partial charge in [0.1, 0.15) is 0 Å². The first-order valence-electron chi connectivity index (χ1n) is 7.75. The van der Waals surface area contributed by atoms with E-state index in [1.165, 1.54) is 6.42 Å². The summed E-state index contributed by atoms with van der Waals surface area (Å²) in [5, 5.41) is 3.41. The van der Waals surface area contributed by atoms with Crippen molar-refractivity contribution in [2.45, 2.75) is 54.1 Å². The summed E-state index contributed by atoms with van der Waals surface area (Å²) >= 11 is 0. The second-order valence-corrected chi connectivity index (χ2v) is 7.62. The Morgan fingerprint density at radius 2 is 2.05 bits per heavy atom. The van der Waals surface area contributed by atoms with Gasteiger partial charge in [0.05, 0.1) is 12.6 Å². The highest BCUT2D eigenvalue weighted by molar-refractivity contribution is 5.80. The molecule has 1 atom stereocenters. The van der Waals surface area contributed by atoms with Gasteiger partial charge in [-0.3, -0.25) is 4.99 Å². The molecule has 1 aliphatic rings. The van der Waals surface area contributed by atoms with Crippen molar-refractivity contribution in [3.63, 3.8) is 0 Å². The summed E-state index contributed by atoms with van der Waals surface area (Å²) in [5.41, 5.74) is 0.501. The first-order valence-corrected chi connectivity index (χ1v) is 7.75. The van der Waals surface area contributed by atoms with Crippen molar-refractivity contribution in [2.75, 3.05) is 33.3 Å². The zero-order chi connectivity index (χ0) is 15.4. The third-order valence-electron chi connectivity index (χ3n) is 3.97. The molecule has 0 amide bonds. The lowest BCUT2D eigenvalue weighted by molar-refractivity contribution is 0.0240. The SMILES string of the molecule is CCNC(=NCC(OC)C(C)(C)C)N1CCC(C)(C)C1. The molecule has 0 spiro atoms. The summed E-state index contributed by atoms with van der Waals surface area (Å²) in [7, 11) is 1.78. The van der Waals surface area contributed by atoms with Crippen LogP contribution in [0.25, 0.3) is 0 Å². The molecule has 0 aliphatic carbocycles. The highest BCUT2D eigenvalue weighted by atomic mass is 16.5. The molecule has 1 heterocycles. The summed E-state index contributed by atoms with van der Waals surface area (Å²) in [6.45, 7) is 17.1. The van der Waals surface area contributed by atoms with E-state index in [1.807, 2.05) is 0 Å². The normalized spacial score (nSPS) is 21.1. The third kappa shape index (κ3) is 4.97. The Bertz CT molecular complexity index is 331. The molecular weight excluding hydrogens is 250 g/mol. The number of ether oxygens (including phenoxy) is 1. The minimum Gasteiger partial charge on any atom is -0.379 e. The average molecular weight is 283 g/mol. The van der Waals surface area contributed by atoms with Gasteiger partial charge < -0.3 is 15.0 Å². The lowest BCUT2D eigenvalue weighted by atomic mass is 9.89. The summed E-state index contributed by atoms with van der Waals surface area (Å²) in [6, 6.07) is 0. The Hall–Kier alpha value is -0.770. The predicted molar refractivity (Wildman–Crippen MR) is 86.2 cm³/mol. The average Bonchev–Trinajstić information content (AvgIpc) is 2.67. The quantitative estimate of drug-likeness (QED) is 0.637. The fourth-order valence-corrected chi connectivity index (χ4v) is 2.59. The molecule has 20 heavy (non-hydrogen) atoms. The van der Waals surface area contributed by atoms with Gasteiger partial charge in [-0.05, 0) is 24.2 Å². The monoisotopic (exact) mass is 283 g/mol. The van der Waals surface area contributed by atoms with Crippen LogP contribution < -0.4 is 5.32 Å². The summed E-state index contributed by atoms with van der Waals surface area (Å²) in [5.74, 6) is 1.03. The van der Waals surface area contributed by atoms with Crippen LogP contribution in [0, 0.1) is 10.8 Å². The van der Waals surface area contributed by atoms with Crippen LogP contribution in [0.4, 0.5) is 0 Å². The van der Waals surface area contributed by atoms with Gasteiger partial charge in [-0.1, -0.05) is 34.6 Å². The van der Waals surface area contributed by atoms with E-state index in [4.69, 9.17) is 9.73 Å². The van der Waals surface area contributed by atoms with Crippen molar-refractivity contribution in [1.82, 2.24) is 10.2 Å². The van der Waals surface area contributed by atoms with Gasteiger partial charge >= 0.3 is 0 Å². The maximum atomic E-state index is 5.59. The second-order valence-electron chi connectivity index (χ2n) is 7.62. The fourth-order valence-electron chi connectivity index (χ4n) is 2.59. The molecule has 4 nitrogen and oxygen atoms in total. The van der Waals surface area contributed by atoms with Gasteiger partial charge in [-0.15, -0.1) is 0 Å². The third-order valence-corrected chi connectivity index (χ3v) is 3.97. The van der Waals surface area contributed by atoms with Crippen molar-refractivity contribution >= 4 is 5.96 Å². The van der Waals surface area contributed by atoms with E-state index >= 15 is 0 Å². The molecule has 1 fully saturated rings. The highest BCUT2D eigenvalue weighted by Gasteiger charge is 2.31. The van der Waals surface area contributed by atoms with Crippen LogP contribution in [0.15, 0.2) is 4.99 Å². The maximum Gasteiger partial charge on any atom is 0.194 e. The molecule has 1 N–H and O–H groups in total. The van der Waals surface area contributed by atoms with Crippen LogP contribution in [0.5, 0.6) is 0 Å². The summed E-state index contributed by atoms with van der Waals surface area (Å²) in [4.78, 5) is 7.18. The van der Waals surface area contributed by atoms with Crippen molar-refractivity contribution < 1.29 is 4.74 Å². The smallest absolute Gasteiger partial charge is 0.194 e. The Kier molecular flexibility index (Phi) is 5.87. The van der Waals surface area contributed by atoms with Crippen LogP contribution in [0.3, 0.4) is 0 Å². The van der Waals surface area contributed by atoms with Crippen molar-refractivity contribution in [3.8, 4) is 0 Å². The fraction of sp³-hybridized carbons (Fsp3) is 0.938. The molecule has 0 bridgehead atoms. The van der Waals surface area contributed by atoms with E-state index in [2.05, 4.69) is 51.8 Å². The van der Waals surface area contributed by atoms with Crippen molar-refractivity contribution in [2.24, 2.45) is 15.8 Å². The first kappa shape index (κ1) is 17.3. The lowest BCUT2D eigenvalue weighted by Gasteiger charge is -2.29. The van der Waals surface area contributed by atoms with Crippen LogP contribution in [0.1, 0.15) is 48.0 Å². The Morgan fingerprint density at radius 1 is 1.40 bits per heavy atom. The molecule has 0 saturated carbocycles. The van der Waals surface area contributed by atoms with Crippen LogP contribution in [0.2, 0.25) is 0 Å². The van der Waals surface area contributed by atoms with E-state index in [9.17, 15) is 0 Å². The van der Waals surface area contributed by atoms with E-state index < -0.39 is 0 Å². The van der Waals surface area contributed by atoms with E-state index in [0.717, 1.165) is 25.6 Å². The molecular formula is C16H33N3O. The zero-order valence-corrected chi connectivity index (χ0v) is 14.4. The van der Waals surface area contributed by atoms with Gasteiger partial charge in [-0.25, -0.2) is 0 Å². The molecule has 1 rings (SSSR count). The number of rotatable bonds is 4. The molecule has 0 radical (unpaired) electrons. The minimum atomic E-state index is 0.111. The van der Waals surface area contributed by atoms with Crippen molar-refractivity contribution in [3.05, 3.63) is 0 Å². The maximum absolute atomic E-state index is 5.59. The molecule has 0 aromatic carbocycles. The Labute approximate surface area is 125 Å². The topological polar surface area (TPSA) is 36.9 Å². The molecule has 118 valence electrons. The molecule has 1 aliphatic heterocycles. The minimum absolute atomic E-state index is 0.111. The number of aliphatic imine (C=N–C) groups is 1. The largest absolute Gasteiger partial charge is 0.379 e. The van der Waals surface area contributed by atoms with Crippen molar-refractivity contribution in [1.29, 1.82) is 0 Å². The summed E-state index contributed by atoms with van der Waals surface area (Å²) in [6.07, 6.45) is 1.37. The predicted octanol–water partition coefficient (Wildman–Crippen LogP) is 2.74. The molecule has 0 aromatic rings. The van der Waals surface area contributed by atoms with Crippen LogP contribution in [-0.4, -0.2) is 50.3 Å². The first-order chi connectivity index (χ1) is 9.19. The second kappa shape index (κ2) is 6.79. The molecule has 1 unspecified atom stereocenters. The van der Waals surface area contributed by atoms with E-state index in [-0.39, 0.29) is 11.5 Å². The van der Waals surface area contributed by atoms with Gasteiger partial charge in [-0.2, -0.15) is 0 Å². The molecule has 1 saturated heterocycles. The number of guanidine groups is 1. The zero-order valence-electron chi connectivity index (χ0n) is 14.4. The summed E-state index contributed by atoms with van der Waals surface area (Å²) < 4.78 is 5.59. The van der Waals surface area contributed by atoms with Gasteiger partial charge in [0.2, 0.25) is 0 Å². The number of methoxy groups -OCH3 is 1. The Balaban J connectivity index is 2.73. The molecule has 0 aromatic heterocycles. The van der Waals surface area contributed by atoms with Gasteiger partial charge in [0, 0.05) is 26.7 Å². The highest BCUT2D eigenvalue weighted by Crippen LogP contribution is 2.29. The lowest BCUT2D eigenvalue weighted by Crippen LogP contribution is -2.42. The van der Waals surface area contributed by atoms with Crippen LogP contribution >= 0.6 is 0 Å². The standard InChI is InChI=1S/C16H33N3O/c1-8-17-14(19-10-9-16(5,6)12-19)18-11-13(20-7)15(2,3)4/h13H,8-12H2,1-7H3,(H,17,18). The van der Waals surface area contributed by atoms with Gasteiger partial charge in [0.25, 0.3) is 0 Å². The number of hydrogen-bond donors (Lipinski definition) is 1. The molecule has 4 heteroatoms. The number of nitrogens with one attached hydrogen (secondary N) is 1. The number of nitrogens with zero attached hydrogens (tertiary/aromatic N) is 2. The van der Waals surface area contributed by atoms with Gasteiger partial charge in [0.15, 0.2) is 5.96 Å².